The third kappa shape index (κ3) is 8.49. The lowest BCUT2D eigenvalue weighted by molar-refractivity contribution is -0.146. The zero-order valence-electron chi connectivity index (χ0n) is 13.5. The van der Waals surface area contributed by atoms with Gasteiger partial charge in [0.1, 0.15) is 12.4 Å². The Kier molecular flexibility index (Phi) is 8.25. The van der Waals surface area contributed by atoms with Crippen LogP contribution in [-0.4, -0.2) is 38.2 Å². The summed E-state index contributed by atoms with van der Waals surface area (Å²) in [7, 11) is 1.58. The van der Waals surface area contributed by atoms with Gasteiger partial charge in [-0.3, -0.25) is 10.1 Å². The molecule has 1 aromatic rings. The minimum absolute atomic E-state index is 0.0494. The van der Waals surface area contributed by atoms with Crippen LogP contribution in [0.3, 0.4) is 0 Å². The van der Waals surface area contributed by atoms with Gasteiger partial charge in [-0.2, -0.15) is 0 Å². The number of benzene rings is 1. The standard InChI is InChI=1S/C17H21NO5/c1-13(2)23-17(20)11-18-10-4-5-16(19)22-12-14-6-8-15(21-3)9-7-14/h6-9,13,18H,10-12H2,1-3H3. The van der Waals surface area contributed by atoms with Crippen LogP contribution in [0.4, 0.5) is 0 Å². The Morgan fingerprint density at radius 3 is 2.52 bits per heavy atom. The van der Waals surface area contributed by atoms with Crippen molar-refractivity contribution < 1.29 is 23.8 Å². The van der Waals surface area contributed by atoms with E-state index in [2.05, 4.69) is 17.2 Å². The number of ether oxygens (including phenoxy) is 3. The van der Waals surface area contributed by atoms with E-state index in [4.69, 9.17) is 14.2 Å². The molecule has 1 rings (SSSR count). The molecule has 6 heteroatoms. The maximum atomic E-state index is 11.4. The van der Waals surface area contributed by atoms with Crippen LogP contribution < -0.4 is 10.1 Å². The predicted molar refractivity (Wildman–Crippen MR) is 84.7 cm³/mol. The molecule has 0 aliphatic rings. The molecule has 0 unspecified atom stereocenters. The van der Waals surface area contributed by atoms with E-state index in [0.29, 0.717) is 0 Å². The van der Waals surface area contributed by atoms with Crippen molar-refractivity contribution in [2.45, 2.75) is 26.6 Å². The molecule has 6 nitrogen and oxygen atoms in total. The molecule has 0 spiro atoms. The molecular formula is C17H21NO5. The van der Waals surface area contributed by atoms with Crippen LogP contribution in [-0.2, 0) is 25.7 Å². The monoisotopic (exact) mass is 319 g/mol. The second-order valence-electron chi connectivity index (χ2n) is 4.87. The van der Waals surface area contributed by atoms with Gasteiger partial charge in [-0.25, -0.2) is 4.79 Å². The summed E-state index contributed by atoms with van der Waals surface area (Å²) in [6.45, 7) is 3.94. The summed E-state index contributed by atoms with van der Waals surface area (Å²) in [6, 6.07) is 7.19. The van der Waals surface area contributed by atoms with Gasteiger partial charge < -0.3 is 14.2 Å². The highest BCUT2D eigenvalue weighted by molar-refractivity contribution is 5.88. The summed E-state index contributed by atoms with van der Waals surface area (Å²) in [5.74, 6) is 4.69. The number of rotatable bonds is 7. The van der Waals surface area contributed by atoms with Crippen LogP contribution in [0.1, 0.15) is 19.4 Å². The molecule has 0 fully saturated rings. The molecule has 1 N–H and O–H groups in total. The van der Waals surface area contributed by atoms with Crippen molar-refractivity contribution in [1.82, 2.24) is 5.32 Å². The number of hydrogen-bond acceptors (Lipinski definition) is 6. The Morgan fingerprint density at radius 2 is 1.91 bits per heavy atom. The first kappa shape index (κ1) is 18.5. The second kappa shape index (κ2) is 10.2. The minimum atomic E-state index is -0.618. The largest absolute Gasteiger partial charge is 0.497 e. The smallest absolute Gasteiger partial charge is 0.384 e. The fourth-order valence-corrected chi connectivity index (χ4v) is 1.55. The number of carbonyl (C=O) groups is 2. The van der Waals surface area contributed by atoms with Crippen LogP contribution in [0.15, 0.2) is 24.3 Å². The summed E-state index contributed by atoms with van der Waals surface area (Å²) in [5.41, 5.74) is 0.843. The third-order valence-corrected chi connectivity index (χ3v) is 2.57. The molecule has 23 heavy (non-hydrogen) atoms. The molecule has 0 saturated heterocycles. The quantitative estimate of drug-likeness (QED) is 0.353. The topological polar surface area (TPSA) is 73.9 Å². The van der Waals surface area contributed by atoms with E-state index in [1.807, 2.05) is 0 Å². The summed E-state index contributed by atoms with van der Waals surface area (Å²) < 4.78 is 15.0. The van der Waals surface area contributed by atoms with Crippen LogP contribution in [0.25, 0.3) is 0 Å². The first-order valence-corrected chi connectivity index (χ1v) is 7.20. The number of hydrogen-bond donors (Lipinski definition) is 1. The first-order valence-electron chi connectivity index (χ1n) is 7.20. The molecular weight excluding hydrogens is 298 g/mol. The van der Waals surface area contributed by atoms with E-state index in [9.17, 15) is 9.59 Å². The Balaban J connectivity index is 2.22. The van der Waals surface area contributed by atoms with Gasteiger partial charge in [-0.15, -0.1) is 0 Å². The van der Waals surface area contributed by atoms with E-state index in [1.54, 1.807) is 45.2 Å². The average Bonchev–Trinajstić information content (AvgIpc) is 2.52. The number of methoxy groups -OCH3 is 1. The Hall–Kier alpha value is -2.52. The molecule has 0 aromatic heterocycles. The fraction of sp³-hybridized carbons (Fsp3) is 0.412. The van der Waals surface area contributed by atoms with Crippen molar-refractivity contribution in [3.05, 3.63) is 29.8 Å². The number of nitrogens with one attached hydrogen (secondary N) is 1. The molecule has 0 atom stereocenters. The molecule has 1 aromatic carbocycles. The lowest BCUT2D eigenvalue weighted by Crippen LogP contribution is -2.26. The molecule has 0 saturated carbocycles. The Morgan fingerprint density at radius 1 is 1.22 bits per heavy atom. The minimum Gasteiger partial charge on any atom is -0.497 e. The molecule has 0 bridgehead atoms. The maximum absolute atomic E-state index is 11.4. The van der Waals surface area contributed by atoms with E-state index in [0.717, 1.165) is 11.3 Å². The van der Waals surface area contributed by atoms with Gasteiger partial charge in [0, 0.05) is 5.92 Å². The second-order valence-corrected chi connectivity index (χ2v) is 4.87. The van der Waals surface area contributed by atoms with E-state index in [1.165, 1.54) is 0 Å². The van der Waals surface area contributed by atoms with Crippen molar-refractivity contribution in [1.29, 1.82) is 0 Å². The number of esters is 2. The summed E-state index contributed by atoms with van der Waals surface area (Å²) >= 11 is 0. The molecule has 0 aliphatic carbocycles. The average molecular weight is 319 g/mol. The van der Waals surface area contributed by atoms with Gasteiger partial charge >= 0.3 is 11.9 Å². The van der Waals surface area contributed by atoms with Crippen molar-refractivity contribution in [3.8, 4) is 17.6 Å². The van der Waals surface area contributed by atoms with E-state index >= 15 is 0 Å². The van der Waals surface area contributed by atoms with Crippen LogP contribution in [0, 0.1) is 11.8 Å². The Bertz CT molecular complexity index is 569. The van der Waals surface area contributed by atoms with Crippen LogP contribution in [0.2, 0.25) is 0 Å². The van der Waals surface area contributed by atoms with Gasteiger partial charge in [0.05, 0.1) is 26.3 Å². The summed E-state index contributed by atoms with van der Waals surface area (Å²) in [5, 5.41) is 2.76. The lowest BCUT2D eigenvalue weighted by atomic mass is 10.2. The maximum Gasteiger partial charge on any atom is 0.384 e. The fourth-order valence-electron chi connectivity index (χ4n) is 1.55. The molecule has 0 heterocycles. The molecule has 0 aliphatic heterocycles. The highest BCUT2D eigenvalue weighted by atomic mass is 16.5. The van der Waals surface area contributed by atoms with Gasteiger partial charge in [0.15, 0.2) is 0 Å². The predicted octanol–water partition coefficient (Wildman–Crippen LogP) is 1.28. The van der Waals surface area contributed by atoms with Gasteiger partial charge in [-0.05, 0) is 31.5 Å². The molecule has 0 radical (unpaired) electrons. The van der Waals surface area contributed by atoms with Crippen molar-refractivity contribution >= 4 is 11.9 Å². The molecule has 124 valence electrons. The van der Waals surface area contributed by atoms with Crippen molar-refractivity contribution in [2.24, 2.45) is 0 Å². The van der Waals surface area contributed by atoms with Crippen molar-refractivity contribution in [3.63, 3.8) is 0 Å². The zero-order valence-corrected chi connectivity index (χ0v) is 13.5. The third-order valence-electron chi connectivity index (χ3n) is 2.57. The highest BCUT2D eigenvalue weighted by Crippen LogP contribution is 2.11. The van der Waals surface area contributed by atoms with Crippen LogP contribution >= 0.6 is 0 Å². The normalized spacial score (nSPS) is 9.74. The van der Waals surface area contributed by atoms with Gasteiger partial charge in [0.2, 0.25) is 0 Å². The highest BCUT2D eigenvalue weighted by Gasteiger charge is 2.03. The van der Waals surface area contributed by atoms with Crippen LogP contribution in [0.5, 0.6) is 5.75 Å². The van der Waals surface area contributed by atoms with E-state index in [-0.39, 0.29) is 31.8 Å². The SMILES string of the molecule is COc1ccc(COC(=O)C#CCNCC(=O)OC(C)C)cc1. The molecule has 0 amide bonds. The lowest BCUT2D eigenvalue weighted by Gasteiger charge is -2.07. The summed E-state index contributed by atoms with van der Waals surface area (Å²) in [4.78, 5) is 22.7. The van der Waals surface area contributed by atoms with Crippen molar-refractivity contribution in [2.75, 3.05) is 20.2 Å². The Labute approximate surface area is 136 Å². The van der Waals surface area contributed by atoms with Gasteiger partial charge in [-0.1, -0.05) is 18.1 Å². The first-order chi connectivity index (χ1) is 11.0. The van der Waals surface area contributed by atoms with E-state index < -0.39 is 5.97 Å². The zero-order chi connectivity index (χ0) is 17.1. The summed E-state index contributed by atoms with van der Waals surface area (Å²) in [6.07, 6.45) is -0.150. The number of carbonyl (C=O) groups excluding carboxylic acids is 2. The van der Waals surface area contributed by atoms with Gasteiger partial charge in [0.25, 0.3) is 0 Å².